The molecule has 0 saturated carbocycles. The van der Waals surface area contributed by atoms with Gasteiger partial charge < -0.3 is 16.4 Å². The molecule has 4 nitrogen and oxygen atoms in total. The lowest BCUT2D eigenvalue weighted by atomic mass is 9.97. The number of halogens is 2. The summed E-state index contributed by atoms with van der Waals surface area (Å²) < 4.78 is 13.9. The molecule has 98 valence electrons. The van der Waals surface area contributed by atoms with Gasteiger partial charge in [0.25, 0.3) is 0 Å². The summed E-state index contributed by atoms with van der Waals surface area (Å²) in [5, 5.41) is 0. The molecule has 4 N–H and O–H groups in total. The van der Waals surface area contributed by atoms with Gasteiger partial charge >= 0.3 is 0 Å². The molecule has 6 heteroatoms. The highest BCUT2D eigenvalue weighted by atomic mass is 79.9. The number of hydrogen-bond acceptors (Lipinski definition) is 3. The number of anilines is 2. The molecule has 1 fully saturated rings. The van der Waals surface area contributed by atoms with Crippen molar-refractivity contribution in [3.8, 4) is 0 Å². The van der Waals surface area contributed by atoms with Crippen LogP contribution in [-0.2, 0) is 4.79 Å². The Morgan fingerprint density at radius 1 is 1.50 bits per heavy atom. The third kappa shape index (κ3) is 2.58. The summed E-state index contributed by atoms with van der Waals surface area (Å²) in [4.78, 5) is 13.1. The van der Waals surface area contributed by atoms with Crippen molar-refractivity contribution >= 4 is 33.2 Å². The van der Waals surface area contributed by atoms with Crippen molar-refractivity contribution in [2.24, 2.45) is 11.7 Å². The lowest BCUT2D eigenvalue weighted by Gasteiger charge is -2.33. The van der Waals surface area contributed by atoms with E-state index < -0.39 is 0 Å². The van der Waals surface area contributed by atoms with E-state index in [1.54, 1.807) is 6.07 Å². The van der Waals surface area contributed by atoms with Crippen LogP contribution in [0.2, 0.25) is 0 Å². The van der Waals surface area contributed by atoms with E-state index in [0.29, 0.717) is 22.4 Å². The minimum Gasteiger partial charge on any atom is -0.397 e. The largest absolute Gasteiger partial charge is 0.397 e. The summed E-state index contributed by atoms with van der Waals surface area (Å²) in [5.41, 5.74) is 12.3. The average Bonchev–Trinajstić information content (AvgIpc) is 2.34. The van der Waals surface area contributed by atoms with Crippen LogP contribution in [0.5, 0.6) is 0 Å². The first kappa shape index (κ1) is 13.1. The summed E-state index contributed by atoms with van der Waals surface area (Å²) >= 11 is 3.09. The Hall–Kier alpha value is -1.30. The van der Waals surface area contributed by atoms with Crippen LogP contribution in [0.4, 0.5) is 15.8 Å². The van der Waals surface area contributed by atoms with Crippen molar-refractivity contribution < 1.29 is 9.18 Å². The van der Waals surface area contributed by atoms with Crippen molar-refractivity contribution in [3.05, 3.63) is 22.4 Å². The first-order valence-electron chi connectivity index (χ1n) is 5.78. The minimum atomic E-state index is -0.361. The second kappa shape index (κ2) is 5.14. The first-order chi connectivity index (χ1) is 8.49. The van der Waals surface area contributed by atoms with Crippen molar-refractivity contribution in [1.82, 2.24) is 0 Å². The van der Waals surface area contributed by atoms with Crippen molar-refractivity contribution in [2.75, 3.05) is 23.7 Å². The van der Waals surface area contributed by atoms with Gasteiger partial charge in [-0.3, -0.25) is 4.79 Å². The van der Waals surface area contributed by atoms with E-state index in [1.165, 1.54) is 6.07 Å². The van der Waals surface area contributed by atoms with Gasteiger partial charge in [0, 0.05) is 19.2 Å². The molecule has 0 spiro atoms. The molecule has 1 unspecified atom stereocenters. The molecule has 1 saturated heterocycles. The molecular weight excluding hydrogens is 301 g/mol. The fourth-order valence-electron chi connectivity index (χ4n) is 2.25. The van der Waals surface area contributed by atoms with E-state index in [-0.39, 0.29) is 17.6 Å². The van der Waals surface area contributed by atoms with Gasteiger partial charge in [-0.2, -0.15) is 0 Å². The van der Waals surface area contributed by atoms with Gasteiger partial charge in [-0.1, -0.05) is 0 Å². The van der Waals surface area contributed by atoms with Crippen LogP contribution in [0.15, 0.2) is 16.6 Å². The molecule has 1 aromatic carbocycles. The molecule has 0 aromatic heterocycles. The SMILES string of the molecule is NC(=O)C1CCCN(c2cc(F)c(Br)cc2N)C1. The van der Waals surface area contributed by atoms with Crippen LogP contribution in [0.25, 0.3) is 0 Å². The van der Waals surface area contributed by atoms with Crippen molar-refractivity contribution in [1.29, 1.82) is 0 Å². The Bertz CT molecular complexity index is 481. The molecule has 0 radical (unpaired) electrons. The number of amides is 1. The third-order valence-corrected chi connectivity index (χ3v) is 3.84. The summed E-state index contributed by atoms with van der Waals surface area (Å²) in [5.74, 6) is -0.860. The molecule has 1 heterocycles. The van der Waals surface area contributed by atoms with Crippen LogP contribution in [0.3, 0.4) is 0 Å². The molecule has 0 bridgehead atoms. The number of nitrogen functional groups attached to an aromatic ring is 1. The maximum atomic E-state index is 13.5. The Morgan fingerprint density at radius 2 is 2.22 bits per heavy atom. The number of benzene rings is 1. The van der Waals surface area contributed by atoms with Crippen molar-refractivity contribution in [3.63, 3.8) is 0 Å². The predicted molar refractivity (Wildman–Crippen MR) is 72.6 cm³/mol. The molecule has 2 rings (SSSR count). The Morgan fingerprint density at radius 3 is 2.89 bits per heavy atom. The Balaban J connectivity index is 2.26. The van der Waals surface area contributed by atoms with Crippen LogP contribution in [0, 0.1) is 11.7 Å². The predicted octanol–water partition coefficient (Wildman–Crippen LogP) is 1.87. The number of primary amides is 1. The van der Waals surface area contributed by atoms with E-state index >= 15 is 0 Å². The molecule has 18 heavy (non-hydrogen) atoms. The number of hydrogen-bond donors (Lipinski definition) is 2. The van der Waals surface area contributed by atoms with Crippen LogP contribution in [0.1, 0.15) is 12.8 Å². The van der Waals surface area contributed by atoms with E-state index in [9.17, 15) is 9.18 Å². The standard InChI is InChI=1S/C12H15BrFN3O/c13-8-4-10(15)11(5-9(8)14)17-3-1-2-7(6-17)12(16)18/h4-5,7H,1-3,6,15H2,(H2,16,18). The van der Waals surface area contributed by atoms with E-state index in [1.807, 2.05) is 4.90 Å². The molecule has 0 aliphatic carbocycles. The summed E-state index contributed by atoms with van der Waals surface area (Å²) in [7, 11) is 0. The maximum Gasteiger partial charge on any atom is 0.222 e. The van der Waals surface area contributed by atoms with Gasteiger partial charge in [-0.25, -0.2) is 4.39 Å². The molecule has 1 amide bonds. The third-order valence-electron chi connectivity index (χ3n) is 3.23. The van der Waals surface area contributed by atoms with Crippen LogP contribution in [-0.4, -0.2) is 19.0 Å². The highest BCUT2D eigenvalue weighted by Gasteiger charge is 2.25. The van der Waals surface area contributed by atoms with E-state index in [4.69, 9.17) is 11.5 Å². The number of piperidine rings is 1. The zero-order chi connectivity index (χ0) is 13.3. The fourth-order valence-corrected chi connectivity index (χ4v) is 2.61. The fraction of sp³-hybridized carbons (Fsp3) is 0.417. The number of carbonyl (C=O) groups is 1. The smallest absolute Gasteiger partial charge is 0.222 e. The van der Waals surface area contributed by atoms with Gasteiger partial charge in [0.1, 0.15) is 5.82 Å². The Labute approximate surface area is 113 Å². The Kier molecular flexibility index (Phi) is 3.75. The number of carbonyl (C=O) groups excluding carboxylic acids is 1. The van der Waals surface area contributed by atoms with E-state index in [0.717, 1.165) is 19.4 Å². The van der Waals surface area contributed by atoms with E-state index in [2.05, 4.69) is 15.9 Å². The monoisotopic (exact) mass is 315 g/mol. The van der Waals surface area contributed by atoms with Gasteiger partial charge in [-0.05, 0) is 34.8 Å². The number of rotatable bonds is 2. The summed E-state index contributed by atoms with van der Waals surface area (Å²) in [6, 6.07) is 2.93. The van der Waals surface area contributed by atoms with Gasteiger partial charge in [-0.15, -0.1) is 0 Å². The molecule has 1 atom stereocenters. The van der Waals surface area contributed by atoms with Crippen LogP contribution < -0.4 is 16.4 Å². The minimum absolute atomic E-state index is 0.190. The van der Waals surface area contributed by atoms with Gasteiger partial charge in [0.15, 0.2) is 0 Å². The zero-order valence-electron chi connectivity index (χ0n) is 9.83. The van der Waals surface area contributed by atoms with Crippen LogP contribution >= 0.6 is 15.9 Å². The average molecular weight is 316 g/mol. The lowest BCUT2D eigenvalue weighted by Crippen LogP contribution is -2.41. The molecule has 1 aromatic rings. The quantitative estimate of drug-likeness (QED) is 0.818. The molecule has 1 aliphatic heterocycles. The molecule has 1 aliphatic rings. The highest BCUT2D eigenvalue weighted by molar-refractivity contribution is 9.10. The second-order valence-corrected chi connectivity index (χ2v) is 5.37. The number of nitrogens with two attached hydrogens (primary N) is 2. The normalized spacial score (nSPS) is 19.9. The molecular formula is C12H15BrFN3O. The topological polar surface area (TPSA) is 72.4 Å². The second-order valence-electron chi connectivity index (χ2n) is 4.51. The lowest BCUT2D eigenvalue weighted by molar-refractivity contribution is -0.122. The number of nitrogens with zero attached hydrogens (tertiary/aromatic N) is 1. The highest BCUT2D eigenvalue weighted by Crippen LogP contribution is 2.32. The van der Waals surface area contributed by atoms with Gasteiger partial charge in [0.05, 0.1) is 21.8 Å². The summed E-state index contributed by atoms with van der Waals surface area (Å²) in [6.07, 6.45) is 1.63. The first-order valence-corrected chi connectivity index (χ1v) is 6.57. The summed E-state index contributed by atoms with van der Waals surface area (Å²) in [6.45, 7) is 1.26. The maximum absolute atomic E-state index is 13.5. The van der Waals surface area contributed by atoms with Crippen molar-refractivity contribution in [2.45, 2.75) is 12.8 Å². The zero-order valence-corrected chi connectivity index (χ0v) is 11.4. The van der Waals surface area contributed by atoms with Gasteiger partial charge in [0.2, 0.25) is 5.91 Å².